The van der Waals surface area contributed by atoms with Crippen LogP contribution in [-0.4, -0.2) is 30.5 Å². The highest BCUT2D eigenvalue weighted by Crippen LogP contribution is 2.27. The van der Waals surface area contributed by atoms with E-state index < -0.39 is 30.3 Å². The zero-order valence-electron chi connectivity index (χ0n) is 10.3. The summed E-state index contributed by atoms with van der Waals surface area (Å²) in [4.78, 5) is 1.29. The van der Waals surface area contributed by atoms with Crippen molar-refractivity contribution >= 4 is 5.84 Å². The fourth-order valence-corrected chi connectivity index (χ4v) is 1.67. The molecule has 0 heterocycles. The van der Waals surface area contributed by atoms with Crippen molar-refractivity contribution in [3.63, 3.8) is 0 Å². The largest absolute Gasteiger partial charge is 0.399 e. The van der Waals surface area contributed by atoms with Crippen LogP contribution in [0.25, 0.3) is 0 Å². The Labute approximate surface area is 108 Å². The monoisotopic (exact) mass is 277 g/mol. The van der Waals surface area contributed by atoms with Gasteiger partial charge in [-0.3, -0.25) is 5.41 Å². The lowest BCUT2D eigenvalue weighted by Gasteiger charge is -2.25. The number of nitrogens with zero attached hydrogens (tertiary/aromatic N) is 1. The predicted octanol–water partition coefficient (Wildman–Crippen LogP) is 2.37. The zero-order valence-corrected chi connectivity index (χ0v) is 10.3. The predicted molar refractivity (Wildman–Crippen MR) is 64.2 cm³/mol. The number of alkyl halides is 3. The van der Waals surface area contributed by atoms with Crippen LogP contribution in [0, 0.1) is 17.1 Å². The fourth-order valence-electron chi connectivity index (χ4n) is 1.67. The molecule has 0 saturated carbocycles. The van der Waals surface area contributed by atoms with E-state index in [0.29, 0.717) is 5.56 Å². The van der Waals surface area contributed by atoms with E-state index in [1.54, 1.807) is 6.07 Å². The molecule has 0 saturated heterocycles. The Morgan fingerprint density at radius 1 is 1.37 bits per heavy atom. The molecule has 0 aliphatic rings. The van der Waals surface area contributed by atoms with Crippen LogP contribution in [0.5, 0.6) is 0 Å². The van der Waals surface area contributed by atoms with Gasteiger partial charge in [-0.2, -0.15) is 13.2 Å². The minimum absolute atomic E-state index is 0.0204. The van der Waals surface area contributed by atoms with Crippen molar-refractivity contribution in [2.45, 2.75) is 12.7 Å². The van der Waals surface area contributed by atoms with Gasteiger partial charge in [0.25, 0.3) is 0 Å². The molecule has 0 fully saturated rings. The van der Waals surface area contributed by atoms with E-state index >= 15 is 0 Å². The van der Waals surface area contributed by atoms with E-state index in [4.69, 9.17) is 11.1 Å². The van der Waals surface area contributed by atoms with E-state index in [1.807, 2.05) is 0 Å². The van der Waals surface area contributed by atoms with Crippen LogP contribution in [0.15, 0.2) is 24.3 Å². The molecular weight excluding hydrogens is 262 g/mol. The summed E-state index contributed by atoms with van der Waals surface area (Å²) in [7, 11) is 1.42. The summed E-state index contributed by atoms with van der Waals surface area (Å²) in [6.45, 7) is -0.459. The molecule has 7 heteroatoms. The SMILES string of the molecule is CN(Cc1ccccc1F)CC(C(=N)N)C(F)(F)F. The quantitative estimate of drug-likeness (QED) is 0.493. The molecule has 0 aromatic heterocycles. The highest BCUT2D eigenvalue weighted by molar-refractivity contribution is 5.80. The van der Waals surface area contributed by atoms with Crippen molar-refractivity contribution in [3.8, 4) is 0 Å². The number of hydrogen-bond acceptors (Lipinski definition) is 2. The lowest BCUT2D eigenvalue weighted by molar-refractivity contribution is -0.159. The molecule has 1 rings (SSSR count). The van der Waals surface area contributed by atoms with Crippen molar-refractivity contribution in [2.75, 3.05) is 13.6 Å². The van der Waals surface area contributed by atoms with E-state index in [-0.39, 0.29) is 6.54 Å². The smallest absolute Gasteiger partial charge is 0.387 e. The van der Waals surface area contributed by atoms with Crippen LogP contribution in [0.1, 0.15) is 5.56 Å². The van der Waals surface area contributed by atoms with Crippen molar-refractivity contribution in [1.82, 2.24) is 4.90 Å². The Bertz CT molecular complexity index is 445. The Morgan fingerprint density at radius 2 is 1.95 bits per heavy atom. The third-order valence-electron chi connectivity index (χ3n) is 2.66. The fraction of sp³-hybridized carbons (Fsp3) is 0.417. The minimum Gasteiger partial charge on any atom is -0.387 e. The number of nitrogens with two attached hydrogens (primary N) is 1. The molecule has 0 bridgehead atoms. The molecule has 1 unspecified atom stereocenters. The summed E-state index contributed by atoms with van der Waals surface area (Å²) >= 11 is 0. The number of amidine groups is 1. The van der Waals surface area contributed by atoms with Gasteiger partial charge in [0, 0.05) is 18.7 Å². The van der Waals surface area contributed by atoms with E-state index in [0.717, 1.165) is 0 Å². The molecule has 0 aliphatic heterocycles. The summed E-state index contributed by atoms with van der Waals surface area (Å²) in [6.07, 6.45) is -4.57. The molecule has 0 aliphatic carbocycles. The Hall–Kier alpha value is -1.63. The maximum atomic E-state index is 13.4. The van der Waals surface area contributed by atoms with Crippen LogP contribution in [0.2, 0.25) is 0 Å². The van der Waals surface area contributed by atoms with Crippen molar-refractivity contribution < 1.29 is 17.6 Å². The zero-order chi connectivity index (χ0) is 14.6. The average molecular weight is 277 g/mol. The molecule has 3 N–H and O–H groups in total. The average Bonchev–Trinajstić information content (AvgIpc) is 2.27. The van der Waals surface area contributed by atoms with Crippen molar-refractivity contribution in [1.29, 1.82) is 5.41 Å². The molecule has 1 atom stereocenters. The number of benzene rings is 1. The standard InChI is InChI=1S/C12H15F4N3/c1-19(6-8-4-2-3-5-10(8)13)7-9(11(17)18)12(14,15)16/h2-5,9H,6-7H2,1H3,(H3,17,18). The number of nitrogens with one attached hydrogen (secondary N) is 1. The minimum atomic E-state index is -4.57. The van der Waals surface area contributed by atoms with Crippen LogP contribution < -0.4 is 5.73 Å². The maximum absolute atomic E-state index is 13.4. The normalized spacial score (nSPS) is 13.6. The summed E-state index contributed by atoms with van der Waals surface area (Å²) in [5.74, 6) is -3.45. The van der Waals surface area contributed by atoms with Gasteiger partial charge in [0.1, 0.15) is 17.6 Å². The van der Waals surface area contributed by atoms with Gasteiger partial charge in [0.15, 0.2) is 0 Å². The molecule has 19 heavy (non-hydrogen) atoms. The highest BCUT2D eigenvalue weighted by atomic mass is 19.4. The first-order valence-electron chi connectivity index (χ1n) is 5.54. The second kappa shape index (κ2) is 6.01. The van der Waals surface area contributed by atoms with Crippen LogP contribution in [0.3, 0.4) is 0 Å². The topological polar surface area (TPSA) is 53.1 Å². The summed E-state index contributed by atoms with van der Waals surface area (Å²) in [5.41, 5.74) is 5.26. The van der Waals surface area contributed by atoms with Crippen molar-refractivity contribution in [3.05, 3.63) is 35.6 Å². The highest BCUT2D eigenvalue weighted by Gasteiger charge is 2.42. The Balaban J connectivity index is 2.71. The van der Waals surface area contributed by atoms with Gasteiger partial charge in [0.2, 0.25) is 0 Å². The van der Waals surface area contributed by atoms with E-state index in [9.17, 15) is 17.6 Å². The van der Waals surface area contributed by atoms with Gasteiger partial charge < -0.3 is 10.6 Å². The molecule has 0 spiro atoms. The van der Waals surface area contributed by atoms with E-state index in [2.05, 4.69) is 0 Å². The van der Waals surface area contributed by atoms with Crippen LogP contribution in [0.4, 0.5) is 17.6 Å². The Morgan fingerprint density at radius 3 is 2.42 bits per heavy atom. The first kappa shape index (κ1) is 15.4. The second-order valence-electron chi connectivity index (χ2n) is 4.34. The molecule has 106 valence electrons. The molecule has 1 aromatic rings. The molecule has 3 nitrogen and oxygen atoms in total. The maximum Gasteiger partial charge on any atom is 0.399 e. The van der Waals surface area contributed by atoms with Gasteiger partial charge in [-0.1, -0.05) is 18.2 Å². The second-order valence-corrected chi connectivity index (χ2v) is 4.34. The lowest BCUT2D eigenvalue weighted by atomic mass is 10.1. The molecule has 0 amide bonds. The molecule has 0 radical (unpaired) electrons. The first-order chi connectivity index (χ1) is 8.71. The van der Waals surface area contributed by atoms with E-state index in [1.165, 1.54) is 30.1 Å². The third kappa shape index (κ3) is 4.51. The van der Waals surface area contributed by atoms with Gasteiger partial charge >= 0.3 is 6.18 Å². The molecule has 1 aromatic carbocycles. The van der Waals surface area contributed by atoms with Gasteiger partial charge in [-0.25, -0.2) is 4.39 Å². The van der Waals surface area contributed by atoms with Gasteiger partial charge in [-0.05, 0) is 13.1 Å². The number of hydrogen-bond donors (Lipinski definition) is 2. The van der Waals surface area contributed by atoms with Gasteiger partial charge in [0.05, 0.1) is 0 Å². The van der Waals surface area contributed by atoms with Crippen LogP contribution in [-0.2, 0) is 6.54 Å². The number of halogens is 4. The van der Waals surface area contributed by atoms with Crippen LogP contribution >= 0.6 is 0 Å². The van der Waals surface area contributed by atoms with Gasteiger partial charge in [-0.15, -0.1) is 0 Å². The summed E-state index contributed by atoms with van der Waals surface area (Å²) in [6, 6.07) is 5.86. The summed E-state index contributed by atoms with van der Waals surface area (Å²) < 4.78 is 51.2. The third-order valence-corrected chi connectivity index (χ3v) is 2.66. The Kier molecular flexibility index (Phi) is 4.88. The first-order valence-corrected chi connectivity index (χ1v) is 5.54. The van der Waals surface area contributed by atoms with Crippen molar-refractivity contribution in [2.24, 2.45) is 11.7 Å². The summed E-state index contributed by atoms with van der Waals surface area (Å²) in [5, 5.41) is 6.98. The lowest BCUT2D eigenvalue weighted by Crippen LogP contribution is -2.42. The number of rotatable bonds is 5. The molecular formula is C12H15F4N3.